The van der Waals surface area contributed by atoms with Crippen molar-refractivity contribution in [1.82, 2.24) is 20.2 Å². The molecule has 0 radical (unpaired) electrons. The molecule has 0 unspecified atom stereocenters. The van der Waals surface area contributed by atoms with Crippen LogP contribution in [0.1, 0.15) is 64.9 Å². The largest absolute Gasteiger partial charge is 0.392 e. The minimum absolute atomic E-state index is 0.00650. The normalized spacial score (nSPS) is 22.5. The smallest absolute Gasteiger partial charge is 0.271 e. The van der Waals surface area contributed by atoms with Crippen LogP contribution < -0.4 is 5.32 Å². The van der Waals surface area contributed by atoms with Crippen molar-refractivity contribution in [3.8, 4) is 11.1 Å². The van der Waals surface area contributed by atoms with Gasteiger partial charge in [-0.1, -0.05) is 91.9 Å². The third kappa shape index (κ3) is 7.47. The summed E-state index contributed by atoms with van der Waals surface area (Å²) < 4.78 is 19.0. The number of fused-ring (bicyclic) bond motifs is 1. The molecule has 0 spiro atoms. The van der Waals surface area contributed by atoms with Gasteiger partial charge in [-0.25, -0.2) is 4.98 Å². The van der Waals surface area contributed by atoms with Crippen LogP contribution in [0.15, 0.2) is 103 Å². The average Bonchev–Trinajstić information content (AvgIpc) is 3.61. The number of aromatic nitrogens is 2. The summed E-state index contributed by atoms with van der Waals surface area (Å²) >= 11 is 0. The van der Waals surface area contributed by atoms with Crippen molar-refractivity contribution in [2.24, 2.45) is 5.92 Å². The Balaban J connectivity index is 1.09. The highest BCUT2D eigenvalue weighted by molar-refractivity contribution is 5.93. The van der Waals surface area contributed by atoms with Gasteiger partial charge in [0.05, 0.1) is 42.7 Å². The van der Waals surface area contributed by atoms with E-state index in [1.54, 1.807) is 7.11 Å². The van der Waals surface area contributed by atoms with E-state index in [1.807, 2.05) is 54.6 Å². The van der Waals surface area contributed by atoms with Gasteiger partial charge in [-0.2, -0.15) is 0 Å². The predicted molar refractivity (Wildman–Crippen MR) is 192 cm³/mol. The number of hydrogen-bond acceptors (Lipinski definition) is 8. The number of ether oxygens (including phenoxy) is 3. The molecule has 1 aromatic heterocycles. The SMILES string of the molecule is COC[C@@H]1CCCN1C[C@H]1O[C@@H](c2ccc(-c3ccccc3CNC(=O)c3cnc4ccccc4n3)cc2)O[C@@H](c2ccc(CO)cc2)[C@H]1C. The summed E-state index contributed by atoms with van der Waals surface area (Å²) in [7, 11) is 1.77. The van der Waals surface area contributed by atoms with Crippen molar-refractivity contribution < 1.29 is 24.1 Å². The number of nitrogens with one attached hydrogen (secondary N) is 1. The highest BCUT2D eigenvalue weighted by Gasteiger charge is 2.40. The van der Waals surface area contributed by atoms with Gasteiger partial charge >= 0.3 is 0 Å². The van der Waals surface area contributed by atoms with E-state index in [4.69, 9.17) is 14.2 Å². The summed E-state index contributed by atoms with van der Waals surface area (Å²) in [6, 6.07) is 32.3. The molecule has 9 heteroatoms. The van der Waals surface area contributed by atoms with Crippen molar-refractivity contribution in [1.29, 1.82) is 0 Å². The van der Waals surface area contributed by atoms with E-state index in [2.05, 4.69) is 69.6 Å². The van der Waals surface area contributed by atoms with Crippen LogP contribution in [-0.4, -0.2) is 64.8 Å². The molecule has 4 aromatic carbocycles. The van der Waals surface area contributed by atoms with E-state index in [9.17, 15) is 9.90 Å². The van der Waals surface area contributed by atoms with E-state index in [0.29, 0.717) is 18.1 Å². The summed E-state index contributed by atoms with van der Waals surface area (Å²) in [5, 5.41) is 12.6. The van der Waals surface area contributed by atoms with E-state index in [1.165, 1.54) is 6.20 Å². The summed E-state index contributed by atoms with van der Waals surface area (Å²) in [6.07, 6.45) is 3.03. The lowest BCUT2D eigenvalue weighted by molar-refractivity contribution is -0.276. The number of aliphatic hydroxyl groups excluding tert-OH is 1. The van der Waals surface area contributed by atoms with Gasteiger partial charge in [0, 0.05) is 37.7 Å². The third-order valence-corrected chi connectivity index (χ3v) is 10.0. The number of methoxy groups -OCH3 is 1. The van der Waals surface area contributed by atoms with Crippen LogP contribution in [0.2, 0.25) is 0 Å². The molecule has 2 aliphatic heterocycles. The Bertz CT molecular complexity index is 1900. The van der Waals surface area contributed by atoms with Crippen LogP contribution in [-0.2, 0) is 27.4 Å². The lowest BCUT2D eigenvalue weighted by atomic mass is 9.89. The molecule has 0 saturated carbocycles. The maximum atomic E-state index is 13.0. The van der Waals surface area contributed by atoms with Crippen molar-refractivity contribution in [2.75, 3.05) is 26.8 Å². The molecule has 2 saturated heterocycles. The average molecular weight is 673 g/mol. The first kappa shape index (κ1) is 34.0. The van der Waals surface area contributed by atoms with Crippen LogP contribution in [0.3, 0.4) is 0 Å². The van der Waals surface area contributed by atoms with Crippen LogP contribution in [0, 0.1) is 5.92 Å². The molecule has 50 heavy (non-hydrogen) atoms. The second kappa shape index (κ2) is 15.6. The molecule has 0 aliphatic carbocycles. The molecule has 5 aromatic rings. The van der Waals surface area contributed by atoms with Crippen molar-refractivity contribution in [3.05, 3.63) is 131 Å². The number of carbonyl (C=O) groups is 1. The fourth-order valence-corrected chi connectivity index (χ4v) is 7.18. The van der Waals surface area contributed by atoms with Gasteiger partial charge < -0.3 is 24.6 Å². The molecule has 7 rings (SSSR count). The van der Waals surface area contributed by atoms with Gasteiger partial charge in [0.1, 0.15) is 5.69 Å². The molecule has 9 nitrogen and oxygen atoms in total. The minimum atomic E-state index is -0.547. The number of benzene rings is 4. The van der Waals surface area contributed by atoms with Gasteiger partial charge in [0.25, 0.3) is 5.91 Å². The maximum absolute atomic E-state index is 13.0. The van der Waals surface area contributed by atoms with Gasteiger partial charge in [0.2, 0.25) is 0 Å². The fraction of sp³-hybridized carbons (Fsp3) is 0.341. The molecule has 5 atom stereocenters. The first-order valence-corrected chi connectivity index (χ1v) is 17.4. The first-order chi connectivity index (χ1) is 24.5. The lowest BCUT2D eigenvalue weighted by Gasteiger charge is -2.43. The highest BCUT2D eigenvalue weighted by Crippen LogP contribution is 2.42. The second-order valence-corrected chi connectivity index (χ2v) is 13.3. The Hall–Kier alpha value is -4.51. The Labute approximate surface area is 293 Å². The highest BCUT2D eigenvalue weighted by atomic mass is 16.7. The Morgan fingerprint density at radius 2 is 1.68 bits per heavy atom. The van der Waals surface area contributed by atoms with Crippen molar-refractivity contribution in [3.63, 3.8) is 0 Å². The van der Waals surface area contributed by atoms with Crippen LogP contribution in [0.4, 0.5) is 0 Å². The second-order valence-electron chi connectivity index (χ2n) is 13.3. The number of nitrogens with zero attached hydrogens (tertiary/aromatic N) is 3. The lowest BCUT2D eigenvalue weighted by Crippen LogP contribution is -2.46. The Morgan fingerprint density at radius 1 is 0.940 bits per heavy atom. The molecule has 3 heterocycles. The zero-order valence-corrected chi connectivity index (χ0v) is 28.6. The van der Waals surface area contributed by atoms with Gasteiger partial charge in [-0.15, -0.1) is 0 Å². The first-order valence-electron chi connectivity index (χ1n) is 17.4. The van der Waals surface area contributed by atoms with Crippen LogP contribution >= 0.6 is 0 Å². The molecule has 0 bridgehead atoms. The van der Waals surface area contributed by atoms with E-state index >= 15 is 0 Å². The Kier molecular flexibility index (Phi) is 10.6. The number of likely N-dealkylation sites (tertiary alicyclic amines) is 1. The van der Waals surface area contributed by atoms with Crippen molar-refractivity contribution >= 4 is 16.9 Å². The molecule has 2 N–H and O–H groups in total. The van der Waals surface area contributed by atoms with E-state index < -0.39 is 6.29 Å². The topological polar surface area (TPSA) is 106 Å². The molecular weight excluding hydrogens is 628 g/mol. The Morgan fingerprint density at radius 3 is 2.46 bits per heavy atom. The number of carbonyl (C=O) groups excluding carboxylic acids is 1. The van der Waals surface area contributed by atoms with Crippen LogP contribution in [0.25, 0.3) is 22.2 Å². The monoisotopic (exact) mass is 672 g/mol. The quantitative estimate of drug-likeness (QED) is 0.161. The standard InChI is InChI=1S/C41H44N4O5/c1-27-38(24-45-21-7-9-33(45)26-48-2)49-41(50-39(27)30-15-13-28(25-46)14-16-30)31-19-17-29(18-20-31)34-10-4-3-8-32(34)22-43-40(47)37-23-42-35-11-5-6-12-36(35)44-37/h3-6,8,10-20,23,27,33,38-39,41,46H,7,9,21-22,24-26H2,1-2H3,(H,43,47)/t27-,33-,38+,39+,41+/m0/s1. The van der Waals surface area contributed by atoms with Gasteiger partial charge in [0.15, 0.2) is 6.29 Å². The molecule has 2 fully saturated rings. The van der Waals surface area contributed by atoms with Crippen molar-refractivity contribution in [2.45, 2.75) is 57.5 Å². The van der Waals surface area contributed by atoms with Gasteiger partial charge in [-0.3, -0.25) is 14.7 Å². The summed E-state index contributed by atoms with van der Waals surface area (Å²) in [5.41, 5.74) is 7.66. The summed E-state index contributed by atoms with van der Waals surface area (Å²) in [6.45, 7) is 5.12. The van der Waals surface area contributed by atoms with Crippen LogP contribution in [0.5, 0.6) is 0 Å². The molecule has 2 aliphatic rings. The maximum Gasteiger partial charge on any atom is 0.271 e. The predicted octanol–water partition coefficient (Wildman–Crippen LogP) is 6.62. The summed E-state index contributed by atoms with van der Waals surface area (Å²) in [4.78, 5) is 24.4. The fourth-order valence-electron chi connectivity index (χ4n) is 7.18. The molecule has 1 amide bonds. The summed E-state index contributed by atoms with van der Waals surface area (Å²) in [5.74, 6) is -0.163. The van der Waals surface area contributed by atoms with Gasteiger partial charge in [-0.05, 0) is 59.3 Å². The third-order valence-electron chi connectivity index (χ3n) is 10.0. The number of amides is 1. The molecular formula is C41H44N4O5. The minimum Gasteiger partial charge on any atom is -0.392 e. The zero-order valence-electron chi connectivity index (χ0n) is 28.6. The number of rotatable bonds is 11. The number of para-hydroxylation sites is 2. The number of aliphatic hydroxyl groups is 1. The zero-order chi connectivity index (χ0) is 34.5. The number of hydrogen-bond donors (Lipinski definition) is 2. The van der Waals surface area contributed by atoms with E-state index in [-0.39, 0.29) is 36.3 Å². The molecule has 258 valence electrons. The van der Waals surface area contributed by atoms with E-state index in [0.717, 1.165) is 71.4 Å².